The van der Waals surface area contributed by atoms with Crippen LogP contribution in [0.25, 0.3) is 0 Å². The fraction of sp³-hybridized carbons (Fsp3) is 0.333. The lowest BCUT2D eigenvalue weighted by molar-refractivity contribution is 0.0516. The highest BCUT2D eigenvalue weighted by atomic mass is 16.7. The quantitative estimate of drug-likeness (QED) is 0.612. The molecule has 0 heterocycles. The fourth-order valence-corrected chi connectivity index (χ4v) is 2.92. The summed E-state index contributed by atoms with van der Waals surface area (Å²) in [5.74, 6) is 0.394. The molecule has 0 spiro atoms. The molecule has 3 rings (SSSR count). The molecule has 2 aromatic carbocycles. The Hall–Kier alpha value is -2.62. The minimum Gasteiger partial charge on any atom is -0.497 e. The summed E-state index contributed by atoms with van der Waals surface area (Å²) in [6, 6.07) is 13.4. The summed E-state index contributed by atoms with van der Waals surface area (Å²) in [5.41, 5.74) is 4.73. The Labute approximate surface area is 148 Å². The second-order valence-electron chi connectivity index (χ2n) is 7.27. The third-order valence-electron chi connectivity index (χ3n) is 4.48. The van der Waals surface area contributed by atoms with Gasteiger partial charge in [-0.1, -0.05) is 38.1 Å². The largest absolute Gasteiger partial charge is 0.497 e. The molecule has 0 aliphatic heterocycles. The van der Waals surface area contributed by atoms with Crippen LogP contribution in [0.3, 0.4) is 0 Å². The molecule has 0 saturated carbocycles. The summed E-state index contributed by atoms with van der Waals surface area (Å²) in [5, 5.41) is 4.09. The maximum absolute atomic E-state index is 12.2. The second-order valence-corrected chi connectivity index (χ2v) is 7.27. The van der Waals surface area contributed by atoms with Crippen LogP contribution in [0.2, 0.25) is 0 Å². The van der Waals surface area contributed by atoms with Gasteiger partial charge >= 0.3 is 5.97 Å². The molecule has 2 aromatic rings. The number of aryl methyl sites for hydroxylation is 1. The Morgan fingerprint density at radius 1 is 1.04 bits per heavy atom. The molecular formula is C21H23NO3. The SMILES string of the molecule is COc1ccc2c(c1)CCC2=NOC(=O)c1ccc(C(C)(C)C)cc1. The summed E-state index contributed by atoms with van der Waals surface area (Å²) in [6.45, 7) is 6.41. The van der Waals surface area contributed by atoms with E-state index >= 15 is 0 Å². The highest BCUT2D eigenvalue weighted by Crippen LogP contribution is 2.27. The van der Waals surface area contributed by atoms with E-state index in [9.17, 15) is 4.79 Å². The van der Waals surface area contributed by atoms with E-state index in [0.29, 0.717) is 5.56 Å². The van der Waals surface area contributed by atoms with Gasteiger partial charge < -0.3 is 9.57 Å². The first-order chi connectivity index (χ1) is 11.9. The number of carbonyl (C=O) groups is 1. The van der Waals surface area contributed by atoms with Crippen molar-refractivity contribution < 1.29 is 14.4 Å². The number of oxime groups is 1. The number of hydrogen-bond donors (Lipinski definition) is 0. The number of hydrogen-bond acceptors (Lipinski definition) is 4. The van der Waals surface area contributed by atoms with Gasteiger partial charge in [-0.2, -0.15) is 0 Å². The van der Waals surface area contributed by atoms with Crippen LogP contribution in [0.5, 0.6) is 5.75 Å². The van der Waals surface area contributed by atoms with Crippen molar-refractivity contribution in [2.75, 3.05) is 7.11 Å². The van der Waals surface area contributed by atoms with E-state index in [4.69, 9.17) is 9.57 Å². The summed E-state index contributed by atoms with van der Waals surface area (Å²) in [6.07, 6.45) is 1.64. The third-order valence-corrected chi connectivity index (χ3v) is 4.48. The van der Waals surface area contributed by atoms with Crippen LogP contribution in [0.4, 0.5) is 0 Å². The third kappa shape index (κ3) is 3.73. The van der Waals surface area contributed by atoms with E-state index in [1.807, 2.05) is 30.3 Å². The first kappa shape index (κ1) is 17.2. The molecule has 0 aromatic heterocycles. The lowest BCUT2D eigenvalue weighted by Gasteiger charge is -2.18. The smallest absolute Gasteiger partial charge is 0.365 e. The molecule has 0 radical (unpaired) electrons. The van der Waals surface area contributed by atoms with Crippen molar-refractivity contribution in [3.8, 4) is 5.75 Å². The zero-order valence-electron chi connectivity index (χ0n) is 15.1. The Morgan fingerprint density at radius 2 is 1.76 bits per heavy atom. The van der Waals surface area contributed by atoms with Crippen molar-refractivity contribution in [1.82, 2.24) is 0 Å². The van der Waals surface area contributed by atoms with Crippen LogP contribution >= 0.6 is 0 Å². The minimum atomic E-state index is -0.435. The van der Waals surface area contributed by atoms with Crippen molar-refractivity contribution in [2.24, 2.45) is 5.16 Å². The van der Waals surface area contributed by atoms with Crippen molar-refractivity contribution in [1.29, 1.82) is 0 Å². The second kappa shape index (κ2) is 6.71. The Kier molecular flexibility index (Phi) is 4.62. The molecule has 1 aliphatic rings. The lowest BCUT2D eigenvalue weighted by Crippen LogP contribution is -2.11. The van der Waals surface area contributed by atoms with Gasteiger partial charge in [0.2, 0.25) is 0 Å². The zero-order chi connectivity index (χ0) is 18.0. The van der Waals surface area contributed by atoms with Crippen LogP contribution in [-0.2, 0) is 16.7 Å². The monoisotopic (exact) mass is 337 g/mol. The number of benzene rings is 2. The van der Waals surface area contributed by atoms with E-state index in [2.05, 4.69) is 25.9 Å². The molecule has 0 atom stereocenters. The predicted octanol–water partition coefficient (Wildman–Crippen LogP) is 4.50. The molecule has 0 amide bonds. The number of carbonyl (C=O) groups excluding carboxylic acids is 1. The number of nitrogens with zero attached hydrogens (tertiary/aromatic N) is 1. The van der Waals surface area contributed by atoms with Gasteiger partial charge in [-0.15, -0.1) is 0 Å². The maximum Gasteiger partial charge on any atom is 0.365 e. The number of ether oxygens (including phenoxy) is 1. The molecule has 0 saturated heterocycles. The number of methoxy groups -OCH3 is 1. The first-order valence-electron chi connectivity index (χ1n) is 8.44. The molecule has 25 heavy (non-hydrogen) atoms. The standard InChI is InChI=1S/C21H23NO3/c1-21(2,3)16-8-5-14(6-9-16)20(23)25-22-19-12-7-15-13-17(24-4)10-11-18(15)19/h5-6,8-11,13H,7,12H2,1-4H3. The maximum atomic E-state index is 12.2. The van der Waals surface area contributed by atoms with Crippen LogP contribution in [-0.4, -0.2) is 18.8 Å². The molecule has 130 valence electrons. The molecule has 0 N–H and O–H groups in total. The van der Waals surface area contributed by atoms with Gasteiger partial charge in [-0.3, -0.25) is 0 Å². The summed E-state index contributed by atoms with van der Waals surface area (Å²) >= 11 is 0. The molecule has 4 heteroatoms. The van der Waals surface area contributed by atoms with Crippen LogP contribution < -0.4 is 4.74 Å². The Balaban J connectivity index is 1.72. The first-order valence-corrected chi connectivity index (χ1v) is 8.44. The van der Waals surface area contributed by atoms with E-state index in [1.165, 1.54) is 11.1 Å². The fourth-order valence-electron chi connectivity index (χ4n) is 2.92. The van der Waals surface area contributed by atoms with Gasteiger partial charge in [-0.05, 0) is 59.7 Å². The van der Waals surface area contributed by atoms with Gasteiger partial charge in [0.25, 0.3) is 0 Å². The van der Waals surface area contributed by atoms with Crippen molar-refractivity contribution in [3.05, 3.63) is 64.7 Å². The summed E-state index contributed by atoms with van der Waals surface area (Å²) in [4.78, 5) is 17.4. The molecule has 0 bridgehead atoms. The summed E-state index contributed by atoms with van der Waals surface area (Å²) < 4.78 is 5.24. The average molecular weight is 337 g/mol. The van der Waals surface area contributed by atoms with Gasteiger partial charge in [0.1, 0.15) is 5.75 Å². The van der Waals surface area contributed by atoms with Gasteiger partial charge in [0.05, 0.1) is 18.4 Å². The molecule has 1 aliphatic carbocycles. The van der Waals surface area contributed by atoms with E-state index in [0.717, 1.165) is 29.9 Å². The van der Waals surface area contributed by atoms with Crippen LogP contribution in [0.1, 0.15) is 54.2 Å². The number of rotatable bonds is 3. The minimum absolute atomic E-state index is 0.0529. The van der Waals surface area contributed by atoms with E-state index in [-0.39, 0.29) is 5.41 Å². The average Bonchev–Trinajstić information content (AvgIpc) is 3.01. The van der Waals surface area contributed by atoms with Crippen molar-refractivity contribution in [3.63, 3.8) is 0 Å². The van der Waals surface area contributed by atoms with E-state index < -0.39 is 5.97 Å². The zero-order valence-corrected chi connectivity index (χ0v) is 15.1. The normalized spacial score (nSPS) is 15.1. The topological polar surface area (TPSA) is 47.9 Å². The lowest BCUT2D eigenvalue weighted by atomic mass is 9.87. The molecule has 0 fully saturated rings. The highest BCUT2D eigenvalue weighted by Gasteiger charge is 2.20. The van der Waals surface area contributed by atoms with Gasteiger partial charge in [0, 0.05) is 5.56 Å². The molecule has 4 nitrogen and oxygen atoms in total. The molecule has 0 unspecified atom stereocenters. The van der Waals surface area contributed by atoms with Gasteiger partial charge in [0.15, 0.2) is 0 Å². The Bertz CT molecular complexity index is 814. The van der Waals surface area contributed by atoms with Gasteiger partial charge in [-0.25, -0.2) is 4.79 Å². The Morgan fingerprint density at radius 3 is 2.40 bits per heavy atom. The highest BCUT2D eigenvalue weighted by molar-refractivity contribution is 6.04. The number of fused-ring (bicyclic) bond motifs is 1. The summed E-state index contributed by atoms with van der Waals surface area (Å²) in [7, 11) is 1.65. The predicted molar refractivity (Wildman–Crippen MR) is 98.4 cm³/mol. The van der Waals surface area contributed by atoms with Crippen molar-refractivity contribution >= 4 is 11.7 Å². The molecular weight excluding hydrogens is 314 g/mol. The van der Waals surface area contributed by atoms with Crippen molar-refractivity contribution in [2.45, 2.75) is 39.0 Å². The van der Waals surface area contributed by atoms with Crippen LogP contribution in [0.15, 0.2) is 47.6 Å². The van der Waals surface area contributed by atoms with E-state index in [1.54, 1.807) is 19.2 Å². The van der Waals surface area contributed by atoms with Crippen LogP contribution in [0, 0.1) is 0 Å².